The molecular weight excluding hydrogens is 481 g/mol. The maximum atomic E-state index is 14.5. The monoisotopic (exact) mass is 511 g/mol. The Balaban J connectivity index is 2.02. The van der Waals surface area contributed by atoms with E-state index in [-0.39, 0.29) is 17.0 Å². The Morgan fingerprint density at radius 3 is 2.17 bits per heavy atom. The summed E-state index contributed by atoms with van der Waals surface area (Å²) >= 11 is 0. The van der Waals surface area contributed by atoms with Gasteiger partial charge < -0.3 is 10.2 Å². The number of amides is 2. The first-order valence-electron chi connectivity index (χ1n) is 11.6. The molecule has 1 N–H and O–H groups in total. The molecular formula is C27H30FN3O4S. The number of nitrogens with one attached hydrogen (secondary N) is 1. The second-order valence-electron chi connectivity index (χ2n) is 8.34. The Kier molecular flexibility index (Phi) is 8.82. The van der Waals surface area contributed by atoms with Crippen molar-refractivity contribution in [3.8, 4) is 0 Å². The average Bonchev–Trinajstić information content (AvgIpc) is 2.87. The van der Waals surface area contributed by atoms with Gasteiger partial charge in [-0.1, -0.05) is 54.1 Å². The molecule has 0 heterocycles. The van der Waals surface area contributed by atoms with Crippen molar-refractivity contribution in [2.24, 2.45) is 0 Å². The third-order valence-electron chi connectivity index (χ3n) is 5.75. The van der Waals surface area contributed by atoms with Gasteiger partial charge in [0.25, 0.3) is 10.0 Å². The highest BCUT2D eigenvalue weighted by Crippen LogP contribution is 2.25. The lowest BCUT2D eigenvalue weighted by Gasteiger charge is -2.32. The Morgan fingerprint density at radius 1 is 0.944 bits per heavy atom. The molecule has 3 rings (SSSR count). The summed E-state index contributed by atoms with van der Waals surface area (Å²) in [7, 11) is -4.12. The topological polar surface area (TPSA) is 86.8 Å². The lowest BCUT2D eigenvalue weighted by molar-refractivity contribution is -0.139. The van der Waals surface area contributed by atoms with Gasteiger partial charge >= 0.3 is 0 Å². The number of hydrogen-bond donors (Lipinski definition) is 1. The summed E-state index contributed by atoms with van der Waals surface area (Å²) in [5.74, 6) is -1.59. The smallest absolute Gasteiger partial charge is 0.264 e. The van der Waals surface area contributed by atoms with Crippen LogP contribution >= 0.6 is 0 Å². The molecule has 3 aromatic carbocycles. The van der Waals surface area contributed by atoms with E-state index in [1.165, 1.54) is 42.2 Å². The number of halogens is 1. The SMILES string of the molecule is CCNC(=O)[C@H](C)N(Cc1ccccc1F)C(=O)CN(c1ccc(C)cc1)S(=O)(=O)c1ccccc1. The van der Waals surface area contributed by atoms with Crippen molar-refractivity contribution in [2.75, 3.05) is 17.4 Å². The minimum atomic E-state index is -4.12. The van der Waals surface area contributed by atoms with Crippen LogP contribution in [-0.2, 0) is 26.2 Å². The molecule has 7 nitrogen and oxygen atoms in total. The van der Waals surface area contributed by atoms with E-state index < -0.39 is 40.2 Å². The highest BCUT2D eigenvalue weighted by atomic mass is 32.2. The lowest BCUT2D eigenvalue weighted by Crippen LogP contribution is -2.51. The molecule has 0 aliphatic heterocycles. The molecule has 0 spiro atoms. The van der Waals surface area contributed by atoms with Crippen molar-refractivity contribution in [1.82, 2.24) is 10.2 Å². The first-order valence-corrected chi connectivity index (χ1v) is 13.0. The first kappa shape index (κ1) is 26.9. The Hall–Kier alpha value is -3.72. The van der Waals surface area contributed by atoms with Gasteiger partial charge in [0.1, 0.15) is 18.4 Å². The van der Waals surface area contributed by atoms with Gasteiger partial charge in [0.15, 0.2) is 0 Å². The third kappa shape index (κ3) is 6.28. The summed E-state index contributed by atoms with van der Waals surface area (Å²) in [6.45, 7) is 4.73. The summed E-state index contributed by atoms with van der Waals surface area (Å²) in [5.41, 5.74) is 1.44. The second-order valence-corrected chi connectivity index (χ2v) is 10.2. The highest BCUT2D eigenvalue weighted by molar-refractivity contribution is 7.92. The molecule has 0 saturated carbocycles. The number of hydrogen-bond acceptors (Lipinski definition) is 4. The highest BCUT2D eigenvalue weighted by Gasteiger charge is 2.32. The van der Waals surface area contributed by atoms with Crippen molar-refractivity contribution in [1.29, 1.82) is 0 Å². The predicted molar refractivity (Wildman–Crippen MR) is 137 cm³/mol. The molecule has 0 aliphatic rings. The minimum Gasteiger partial charge on any atom is -0.355 e. The van der Waals surface area contributed by atoms with Crippen molar-refractivity contribution in [3.63, 3.8) is 0 Å². The predicted octanol–water partition coefficient (Wildman–Crippen LogP) is 3.88. The van der Waals surface area contributed by atoms with E-state index in [2.05, 4.69) is 5.32 Å². The van der Waals surface area contributed by atoms with Crippen molar-refractivity contribution in [2.45, 2.75) is 38.3 Å². The lowest BCUT2D eigenvalue weighted by atomic mass is 10.1. The van der Waals surface area contributed by atoms with Crippen LogP contribution in [0.5, 0.6) is 0 Å². The molecule has 0 aromatic heterocycles. The van der Waals surface area contributed by atoms with E-state index in [4.69, 9.17) is 0 Å². The molecule has 190 valence electrons. The fourth-order valence-corrected chi connectivity index (χ4v) is 5.11. The van der Waals surface area contributed by atoms with Gasteiger partial charge in [-0.15, -0.1) is 0 Å². The molecule has 0 bridgehead atoms. The standard InChI is InChI=1S/C27H30FN3O4S/c1-4-29-27(33)21(3)30(18-22-10-8-9-13-25(22)28)26(32)19-31(23-16-14-20(2)15-17-23)36(34,35)24-11-6-5-7-12-24/h5-17,21H,4,18-19H2,1-3H3,(H,29,33)/t21-/m0/s1. The molecule has 9 heteroatoms. The van der Waals surface area contributed by atoms with Gasteiger partial charge in [-0.25, -0.2) is 12.8 Å². The number of aryl methyl sites for hydroxylation is 1. The van der Waals surface area contributed by atoms with Crippen LogP contribution in [0.1, 0.15) is 25.0 Å². The van der Waals surface area contributed by atoms with E-state index in [0.29, 0.717) is 12.2 Å². The van der Waals surface area contributed by atoms with Crippen LogP contribution < -0.4 is 9.62 Å². The maximum Gasteiger partial charge on any atom is 0.264 e. The number of carbonyl (C=O) groups excluding carboxylic acids is 2. The summed E-state index contributed by atoms with van der Waals surface area (Å²) in [4.78, 5) is 27.5. The largest absolute Gasteiger partial charge is 0.355 e. The number of nitrogens with zero attached hydrogens (tertiary/aromatic N) is 2. The fourth-order valence-electron chi connectivity index (χ4n) is 3.67. The maximum absolute atomic E-state index is 14.5. The van der Waals surface area contributed by atoms with Crippen LogP contribution in [0.15, 0.2) is 83.8 Å². The molecule has 0 saturated heterocycles. The summed E-state index contributed by atoms with van der Waals surface area (Å²) in [5, 5.41) is 2.67. The Bertz CT molecular complexity index is 1300. The summed E-state index contributed by atoms with van der Waals surface area (Å²) < 4.78 is 42.7. The molecule has 3 aromatic rings. The van der Waals surface area contributed by atoms with Gasteiger partial charge in [0.05, 0.1) is 10.6 Å². The zero-order valence-electron chi connectivity index (χ0n) is 20.5. The molecule has 0 fully saturated rings. The molecule has 0 unspecified atom stereocenters. The van der Waals surface area contributed by atoms with Crippen LogP contribution in [0.2, 0.25) is 0 Å². The van der Waals surface area contributed by atoms with E-state index in [0.717, 1.165) is 9.87 Å². The van der Waals surface area contributed by atoms with Crippen molar-refractivity contribution in [3.05, 3.63) is 95.8 Å². The number of sulfonamides is 1. The van der Waals surface area contributed by atoms with E-state index in [1.54, 1.807) is 55.5 Å². The van der Waals surface area contributed by atoms with Gasteiger partial charge in [-0.2, -0.15) is 0 Å². The minimum absolute atomic E-state index is 0.0239. The zero-order chi connectivity index (χ0) is 26.3. The van der Waals surface area contributed by atoms with Crippen LogP contribution in [0.4, 0.5) is 10.1 Å². The Labute approximate surface area is 211 Å². The Morgan fingerprint density at radius 2 is 1.56 bits per heavy atom. The van der Waals surface area contributed by atoms with Gasteiger partial charge in [-0.05, 0) is 51.1 Å². The van der Waals surface area contributed by atoms with Crippen LogP contribution in [0.3, 0.4) is 0 Å². The quantitative estimate of drug-likeness (QED) is 0.448. The number of carbonyl (C=O) groups is 2. The van der Waals surface area contributed by atoms with E-state index in [9.17, 15) is 22.4 Å². The van der Waals surface area contributed by atoms with E-state index >= 15 is 0 Å². The van der Waals surface area contributed by atoms with Crippen LogP contribution in [-0.4, -0.2) is 44.3 Å². The normalized spacial score (nSPS) is 12.0. The molecule has 0 radical (unpaired) electrons. The number of anilines is 1. The second kappa shape index (κ2) is 11.8. The first-order chi connectivity index (χ1) is 17.1. The summed E-state index contributed by atoms with van der Waals surface area (Å²) in [6, 6.07) is 19.6. The molecule has 2 amide bonds. The van der Waals surface area contributed by atoms with Gasteiger partial charge in [-0.3, -0.25) is 13.9 Å². The number of rotatable bonds is 10. The molecule has 0 aliphatic carbocycles. The van der Waals surface area contributed by atoms with Gasteiger partial charge in [0, 0.05) is 18.7 Å². The van der Waals surface area contributed by atoms with Crippen molar-refractivity contribution < 1.29 is 22.4 Å². The third-order valence-corrected chi connectivity index (χ3v) is 7.54. The molecule has 1 atom stereocenters. The van der Waals surface area contributed by atoms with Gasteiger partial charge in [0.2, 0.25) is 11.8 Å². The van der Waals surface area contributed by atoms with Crippen molar-refractivity contribution >= 4 is 27.5 Å². The average molecular weight is 512 g/mol. The van der Waals surface area contributed by atoms with E-state index in [1.807, 2.05) is 6.92 Å². The van der Waals surface area contributed by atoms with Crippen LogP contribution in [0.25, 0.3) is 0 Å². The zero-order valence-corrected chi connectivity index (χ0v) is 21.3. The number of benzene rings is 3. The molecule has 36 heavy (non-hydrogen) atoms. The number of likely N-dealkylation sites (N-methyl/N-ethyl adjacent to an activating group) is 1. The van der Waals surface area contributed by atoms with Crippen LogP contribution in [0, 0.1) is 12.7 Å². The summed E-state index contributed by atoms with van der Waals surface area (Å²) in [6.07, 6.45) is 0. The fraction of sp³-hybridized carbons (Fsp3) is 0.259.